The molecular formula is C11H20O2. The highest BCUT2D eigenvalue weighted by Gasteiger charge is 2.31. The highest BCUT2D eigenvalue weighted by atomic mass is 16.5. The van der Waals surface area contributed by atoms with Crippen LogP contribution in [0.25, 0.3) is 0 Å². The molecule has 0 aromatic rings. The van der Waals surface area contributed by atoms with Gasteiger partial charge in [0, 0.05) is 0 Å². The van der Waals surface area contributed by atoms with Crippen LogP contribution in [0.4, 0.5) is 0 Å². The van der Waals surface area contributed by atoms with Gasteiger partial charge in [0.2, 0.25) is 0 Å². The number of carbonyl (C=O) groups excluding carboxylic acids is 1. The lowest BCUT2D eigenvalue weighted by atomic mass is 9.75. The van der Waals surface area contributed by atoms with Gasteiger partial charge in [-0.05, 0) is 31.6 Å². The maximum absolute atomic E-state index is 11.5. The first-order chi connectivity index (χ1) is 6.15. The number of hydrogen-bond acceptors (Lipinski definition) is 2. The average molecular weight is 184 g/mol. The zero-order valence-electron chi connectivity index (χ0n) is 8.88. The molecule has 0 amide bonds. The van der Waals surface area contributed by atoms with Crippen LogP contribution in [0.1, 0.15) is 40.0 Å². The van der Waals surface area contributed by atoms with Crippen molar-refractivity contribution in [1.29, 1.82) is 0 Å². The highest BCUT2D eigenvalue weighted by molar-refractivity contribution is 5.72. The minimum Gasteiger partial charge on any atom is -0.466 e. The molecule has 2 nitrogen and oxygen atoms in total. The van der Waals surface area contributed by atoms with Crippen LogP contribution in [-0.2, 0) is 9.53 Å². The van der Waals surface area contributed by atoms with Gasteiger partial charge in [0.15, 0.2) is 0 Å². The molecule has 0 N–H and O–H groups in total. The number of hydrogen-bond donors (Lipinski definition) is 0. The van der Waals surface area contributed by atoms with Gasteiger partial charge >= 0.3 is 5.97 Å². The summed E-state index contributed by atoms with van der Waals surface area (Å²) in [6.45, 7) is 6.76. The lowest BCUT2D eigenvalue weighted by Gasteiger charge is -2.30. The summed E-state index contributed by atoms with van der Waals surface area (Å²) < 4.78 is 5.06. The van der Waals surface area contributed by atoms with Crippen molar-refractivity contribution in [3.63, 3.8) is 0 Å². The molecule has 1 saturated carbocycles. The van der Waals surface area contributed by atoms with E-state index in [2.05, 4.69) is 13.8 Å². The first-order valence-electron chi connectivity index (χ1n) is 5.31. The summed E-state index contributed by atoms with van der Waals surface area (Å²) in [7, 11) is 0. The third kappa shape index (κ3) is 2.71. The van der Waals surface area contributed by atoms with Crippen LogP contribution >= 0.6 is 0 Å². The molecule has 0 unspecified atom stereocenters. The molecule has 0 saturated heterocycles. The maximum Gasteiger partial charge on any atom is 0.309 e. The molecule has 1 aliphatic carbocycles. The summed E-state index contributed by atoms with van der Waals surface area (Å²) in [5.41, 5.74) is 0. The summed E-state index contributed by atoms with van der Waals surface area (Å²) in [6.07, 6.45) is 3.45. The lowest BCUT2D eigenvalue weighted by Crippen LogP contribution is -2.30. The molecule has 13 heavy (non-hydrogen) atoms. The molecule has 0 radical (unpaired) electrons. The molecule has 0 aromatic carbocycles. The maximum atomic E-state index is 11.5. The van der Waals surface area contributed by atoms with Crippen LogP contribution < -0.4 is 0 Å². The molecule has 1 aliphatic rings. The van der Waals surface area contributed by atoms with Crippen LogP contribution in [0.2, 0.25) is 0 Å². The summed E-state index contributed by atoms with van der Waals surface area (Å²) in [5, 5.41) is 0. The zero-order chi connectivity index (χ0) is 9.84. The van der Waals surface area contributed by atoms with Gasteiger partial charge in [0.1, 0.15) is 0 Å². The van der Waals surface area contributed by atoms with E-state index < -0.39 is 0 Å². The Hall–Kier alpha value is -0.530. The minimum atomic E-state index is 0.0153. The molecule has 0 bridgehead atoms. The highest BCUT2D eigenvalue weighted by Crippen LogP contribution is 2.33. The van der Waals surface area contributed by atoms with Gasteiger partial charge in [-0.3, -0.25) is 4.79 Å². The fraction of sp³-hybridized carbons (Fsp3) is 0.909. The van der Waals surface area contributed by atoms with E-state index in [9.17, 15) is 4.79 Å². The first-order valence-corrected chi connectivity index (χ1v) is 5.31. The van der Waals surface area contributed by atoms with E-state index in [-0.39, 0.29) is 11.9 Å². The molecule has 1 fully saturated rings. The number of carbonyl (C=O) groups is 1. The van der Waals surface area contributed by atoms with Crippen LogP contribution in [0, 0.1) is 17.8 Å². The number of ether oxygens (including phenoxy) is 1. The minimum absolute atomic E-state index is 0.0153. The predicted octanol–water partition coefficient (Wildman–Crippen LogP) is 2.62. The van der Waals surface area contributed by atoms with Crippen molar-refractivity contribution in [2.75, 3.05) is 6.61 Å². The summed E-state index contributed by atoms with van der Waals surface area (Å²) in [6, 6.07) is 0. The third-order valence-electron chi connectivity index (χ3n) is 3.05. The Morgan fingerprint density at radius 1 is 1.38 bits per heavy atom. The third-order valence-corrected chi connectivity index (χ3v) is 3.05. The molecule has 0 aliphatic heterocycles. The monoisotopic (exact) mass is 184 g/mol. The van der Waals surface area contributed by atoms with Gasteiger partial charge in [-0.15, -0.1) is 0 Å². The number of esters is 1. The summed E-state index contributed by atoms with van der Waals surface area (Å²) in [4.78, 5) is 11.5. The Kier molecular flexibility index (Phi) is 3.76. The van der Waals surface area contributed by atoms with Gasteiger partial charge in [-0.1, -0.05) is 20.3 Å². The van der Waals surface area contributed by atoms with Gasteiger partial charge in [-0.25, -0.2) is 0 Å². The first kappa shape index (κ1) is 10.6. The van der Waals surface area contributed by atoms with Crippen molar-refractivity contribution in [3.05, 3.63) is 0 Å². The molecule has 76 valence electrons. The van der Waals surface area contributed by atoms with E-state index in [1.165, 1.54) is 12.8 Å². The van der Waals surface area contributed by atoms with Gasteiger partial charge in [0.25, 0.3) is 0 Å². The normalized spacial score (nSPS) is 34.2. The van der Waals surface area contributed by atoms with E-state index in [4.69, 9.17) is 4.74 Å². The quantitative estimate of drug-likeness (QED) is 0.617. The zero-order valence-corrected chi connectivity index (χ0v) is 8.88. The molecular weight excluding hydrogens is 164 g/mol. The smallest absolute Gasteiger partial charge is 0.309 e. The van der Waals surface area contributed by atoms with Crippen molar-refractivity contribution in [2.24, 2.45) is 17.8 Å². The van der Waals surface area contributed by atoms with Crippen molar-refractivity contribution >= 4 is 5.97 Å². The Bertz CT molecular complexity index is 177. The topological polar surface area (TPSA) is 26.3 Å². The fourth-order valence-corrected chi connectivity index (χ4v) is 2.11. The van der Waals surface area contributed by atoms with E-state index in [0.717, 1.165) is 6.42 Å². The molecule has 3 atom stereocenters. The Balaban J connectivity index is 2.50. The average Bonchev–Trinajstić information content (AvgIpc) is 2.09. The summed E-state index contributed by atoms with van der Waals surface area (Å²) in [5.74, 6) is 1.37. The van der Waals surface area contributed by atoms with Crippen molar-refractivity contribution in [1.82, 2.24) is 0 Å². The fourth-order valence-electron chi connectivity index (χ4n) is 2.11. The van der Waals surface area contributed by atoms with Crippen LogP contribution in [0.15, 0.2) is 0 Å². The second-order valence-corrected chi connectivity index (χ2v) is 4.25. The van der Waals surface area contributed by atoms with Crippen LogP contribution in [-0.4, -0.2) is 12.6 Å². The second kappa shape index (κ2) is 4.64. The SMILES string of the molecule is CCOC(=O)[C@@H]1C[C@H](C)CC[C@H]1C. The van der Waals surface area contributed by atoms with E-state index in [1.807, 2.05) is 6.92 Å². The van der Waals surface area contributed by atoms with Gasteiger partial charge < -0.3 is 4.74 Å². The molecule has 0 heterocycles. The van der Waals surface area contributed by atoms with Crippen molar-refractivity contribution in [3.8, 4) is 0 Å². The van der Waals surface area contributed by atoms with E-state index in [1.54, 1.807) is 0 Å². The van der Waals surface area contributed by atoms with Crippen LogP contribution in [0.3, 0.4) is 0 Å². The van der Waals surface area contributed by atoms with E-state index >= 15 is 0 Å². The van der Waals surface area contributed by atoms with Crippen LogP contribution in [0.5, 0.6) is 0 Å². The van der Waals surface area contributed by atoms with E-state index in [0.29, 0.717) is 18.4 Å². The Labute approximate surface area is 80.7 Å². The molecule has 2 heteroatoms. The Morgan fingerprint density at radius 3 is 2.69 bits per heavy atom. The second-order valence-electron chi connectivity index (χ2n) is 4.25. The number of rotatable bonds is 2. The largest absolute Gasteiger partial charge is 0.466 e. The predicted molar refractivity (Wildman–Crippen MR) is 52.3 cm³/mol. The standard InChI is InChI=1S/C11H20O2/c1-4-13-11(12)10-7-8(2)5-6-9(10)3/h8-10H,4-7H2,1-3H3/t8-,9-,10-/m1/s1. The molecule has 1 rings (SSSR count). The van der Waals surface area contributed by atoms with Gasteiger partial charge in [0.05, 0.1) is 12.5 Å². The van der Waals surface area contributed by atoms with Gasteiger partial charge in [-0.2, -0.15) is 0 Å². The molecule has 0 spiro atoms. The van der Waals surface area contributed by atoms with Crippen molar-refractivity contribution in [2.45, 2.75) is 40.0 Å². The van der Waals surface area contributed by atoms with Crippen molar-refractivity contribution < 1.29 is 9.53 Å². The summed E-state index contributed by atoms with van der Waals surface area (Å²) >= 11 is 0. The lowest BCUT2D eigenvalue weighted by molar-refractivity contribution is -0.151. The Morgan fingerprint density at radius 2 is 2.08 bits per heavy atom. The molecule has 0 aromatic heterocycles.